The fraction of sp³-hybridized carbons (Fsp3) is 0.281. The van der Waals surface area contributed by atoms with E-state index < -0.39 is 17.8 Å². The number of likely N-dealkylation sites (tertiary alicyclic amines) is 1. The van der Waals surface area contributed by atoms with Crippen LogP contribution < -0.4 is 10.6 Å². The molecule has 3 aromatic carbocycles. The smallest absolute Gasteiger partial charge is 0.393 e. The number of halogens is 3. The molecule has 1 amide bonds. The van der Waals surface area contributed by atoms with Gasteiger partial charge in [-0.25, -0.2) is 4.68 Å². The Morgan fingerprint density at radius 2 is 1.70 bits per heavy atom. The quantitative estimate of drug-likeness (QED) is 0.275. The van der Waals surface area contributed by atoms with Gasteiger partial charge in [-0.2, -0.15) is 18.3 Å². The van der Waals surface area contributed by atoms with Crippen LogP contribution in [-0.2, 0) is 19.1 Å². The number of aromatic nitrogens is 3. The number of piperidine rings is 1. The predicted octanol–water partition coefficient (Wildman–Crippen LogP) is 5.44. The number of alkyl halides is 3. The van der Waals surface area contributed by atoms with Gasteiger partial charge in [-0.1, -0.05) is 41.6 Å². The lowest BCUT2D eigenvalue weighted by Crippen LogP contribution is -2.39. The summed E-state index contributed by atoms with van der Waals surface area (Å²) in [6, 6.07) is 20.2. The van der Waals surface area contributed by atoms with Gasteiger partial charge in [0, 0.05) is 37.4 Å². The Hall–Kier alpha value is -4.68. The van der Waals surface area contributed by atoms with Gasteiger partial charge in [0.15, 0.2) is 17.1 Å². The van der Waals surface area contributed by atoms with E-state index in [1.54, 1.807) is 0 Å². The van der Waals surface area contributed by atoms with Gasteiger partial charge in [0.25, 0.3) is 5.91 Å². The van der Waals surface area contributed by atoms with E-state index in [0.29, 0.717) is 16.7 Å². The zero-order chi connectivity index (χ0) is 30.6. The molecule has 0 spiro atoms. The normalized spacial score (nSPS) is 16.5. The minimum absolute atomic E-state index is 0.0112. The molecule has 12 heteroatoms. The van der Waals surface area contributed by atoms with E-state index in [2.05, 4.69) is 27.3 Å². The van der Waals surface area contributed by atoms with Crippen molar-refractivity contribution in [1.82, 2.24) is 19.8 Å². The minimum Gasteiger partial charge on any atom is -0.393 e. The van der Waals surface area contributed by atoms with Crippen LogP contribution in [0.3, 0.4) is 0 Å². The van der Waals surface area contributed by atoms with Crippen LogP contribution in [0.1, 0.15) is 40.2 Å². The number of benzene rings is 3. The first-order chi connectivity index (χ1) is 21.2. The number of hydrogen-bond acceptors (Lipinski definition) is 7. The Morgan fingerprint density at radius 1 is 0.977 bits per heavy atom. The number of carbonyl (C=O) groups excluding carboxylic acids is 1. The van der Waals surface area contributed by atoms with Gasteiger partial charge in [-0.15, -0.1) is 0 Å². The van der Waals surface area contributed by atoms with Crippen molar-refractivity contribution in [2.45, 2.75) is 38.1 Å². The molecule has 0 aliphatic carbocycles. The number of aliphatic hydroxyl groups excluding tert-OH is 1. The van der Waals surface area contributed by atoms with Crippen LogP contribution >= 0.6 is 0 Å². The number of nitrogens with zero attached hydrogens (tertiary/aromatic N) is 5. The molecular formula is C32H29F3N6O3. The maximum absolute atomic E-state index is 14.1. The molecule has 0 atom stereocenters. The summed E-state index contributed by atoms with van der Waals surface area (Å²) >= 11 is 0. The zero-order valence-corrected chi connectivity index (χ0v) is 23.6. The van der Waals surface area contributed by atoms with Crippen LogP contribution in [0.4, 0.5) is 24.7 Å². The van der Waals surface area contributed by atoms with Crippen molar-refractivity contribution in [2.24, 2.45) is 0 Å². The number of nitrogens with two attached hydrogens (primary N) is 1. The highest BCUT2D eigenvalue weighted by molar-refractivity contribution is 6.08. The second-order valence-electron chi connectivity index (χ2n) is 11.3. The van der Waals surface area contributed by atoms with Crippen LogP contribution in [0, 0.1) is 0 Å². The van der Waals surface area contributed by atoms with Crippen molar-refractivity contribution < 1.29 is 27.6 Å². The number of carbonyl (C=O) groups is 1. The number of fused-ring (bicyclic) bond motifs is 2. The second-order valence-corrected chi connectivity index (χ2v) is 11.3. The summed E-state index contributed by atoms with van der Waals surface area (Å²) in [7, 11) is 0. The molecule has 3 N–H and O–H groups in total. The average Bonchev–Trinajstić information content (AvgIpc) is 3.60. The molecule has 44 heavy (non-hydrogen) atoms. The minimum atomic E-state index is -4.73. The highest BCUT2D eigenvalue weighted by Gasteiger charge is 2.43. The molecule has 2 aliphatic heterocycles. The van der Waals surface area contributed by atoms with Gasteiger partial charge in [0.1, 0.15) is 5.69 Å². The molecule has 4 heterocycles. The van der Waals surface area contributed by atoms with Crippen LogP contribution in [0.5, 0.6) is 0 Å². The second kappa shape index (κ2) is 10.8. The van der Waals surface area contributed by atoms with Crippen molar-refractivity contribution in [2.75, 3.05) is 30.3 Å². The Bertz CT molecular complexity index is 1860. The molecule has 226 valence electrons. The molecule has 0 saturated carbocycles. The van der Waals surface area contributed by atoms with Gasteiger partial charge in [-0.05, 0) is 66.3 Å². The summed E-state index contributed by atoms with van der Waals surface area (Å²) < 4.78 is 48.4. The maximum Gasteiger partial charge on any atom is 0.435 e. The van der Waals surface area contributed by atoms with Gasteiger partial charge in [-0.3, -0.25) is 9.69 Å². The summed E-state index contributed by atoms with van der Waals surface area (Å²) in [4.78, 5) is 17.7. The lowest BCUT2D eigenvalue weighted by atomic mass is 9.97. The van der Waals surface area contributed by atoms with Crippen molar-refractivity contribution >= 4 is 28.4 Å². The first-order valence-corrected chi connectivity index (χ1v) is 14.4. The Kier molecular flexibility index (Phi) is 6.90. The molecule has 2 aliphatic rings. The van der Waals surface area contributed by atoms with E-state index in [0.717, 1.165) is 53.8 Å². The molecule has 5 aromatic rings. The van der Waals surface area contributed by atoms with Gasteiger partial charge in [0.2, 0.25) is 0 Å². The third-order valence-electron chi connectivity index (χ3n) is 8.47. The average molecular weight is 603 g/mol. The van der Waals surface area contributed by atoms with E-state index in [1.807, 2.05) is 36.4 Å². The fourth-order valence-corrected chi connectivity index (χ4v) is 6.18. The Balaban J connectivity index is 1.20. The van der Waals surface area contributed by atoms with E-state index in [9.17, 15) is 23.1 Å². The van der Waals surface area contributed by atoms with Crippen molar-refractivity contribution in [3.63, 3.8) is 0 Å². The summed E-state index contributed by atoms with van der Waals surface area (Å²) in [5.41, 5.74) is 8.90. The number of hydrogen-bond donors (Lipinski definition) is 2. The Morgan fingerprint density at radius 3 is 2.45 bits per heavy atom. The first kappa shape index (κ1) is 28.1. The van der Waals surface area contributed by atoms with Gasteiger partial charge < -0.3 is 20.3 Å². The van der Waals surface area contributed by atoms with Crippen molar-refractivity contribution in [3.8, 4) is 16.8 Å². The summed E-state index contributed by atoms with van der Waals surface area (Å²) in [6.07, 6.45) is -3.47. The SMILES string of the molecule is Nc1noc2ccc(-n3nc(C(F)(F)F)c4c3C(=O)N(c3ccc(-c5ccccc5CN5CCC(O)CC5)cc3)CC4)cc12. The van der Waals surface area contributed by atoms with E-state index >= 15 is 0 Å². The molecule has 0 unspecified atom stereocenters. The Labute approximate surface area is 250 Å². The number of nitrogen functional groups attached to an aromatic ring is 1. The predicted molar refractivity (Wildman–Crippen MR) is 158 cm³/mol. The van der Waals surface area contributed by atoms with E-state index in [1.165, 1.54) is 23.1 Å². The van der Waals surface area contributed by atoms with Crippen LogP contribution in [0.2, 0.25) is 0 Å². The number of anilines is 2. The lowest BCUT2D eigenvalue weighted by Gasteiger charge is -2.30. The fourth-order valence-electron chi connectivity index (χ4n) is 6.18. The van der Waals surface area contributed by atoms with Gasteiger partial charge in [0.05, 0.1) is 17.2 Å². The molecule has 1 fully saturated rings. The molecule has 0 bridgehead atoms. The topological polar surface area (TPSA) is 114 Å². The number of amides is 1. The lowest BCUT2D eigenvalue weighted by molar-refractivity contribution is -0.141. The first-order valence-electron chi connectivity index (χ1n) is 14.4. The molecule has 2 aromatic heterocycles. The summed E-state index contributed by atoms with van der Waals surface area (Å²) in [5, 5.41) is 17.9. The number of aliphatic hydroxyl groups is 1. The third-order valence-corrected chi connectivity index (χ3v) is 8.47. The summed E-state index contributed by atoms with van der Waals surface area (Å²) in [6.45, 7) is 2.51. The van der Waals surface area contributed by atoms with E-state index in [-0.39, 0.29) is 41.8 Å². The standard InChI is InChI=1S/C32H29F3N6O3/c33-32(34,35)29-25-13-16-40(31(43)28(25)41(37-29)22-9-10-27-26(17-22)30(36)38-44-27)21-7-5-19(6-8-21)24-4-2-1-3-20(24)18-39-14-11-23(42)12-15-39/h1-10,17,23,42H,11-16,18H2,(H2,36,38). The summed E-state index contributed by atoms with van der Waals surface area (Å²) in [5.74, 6) is -0.490. The molecule has 1 saturated heterocycles. The van der Waals surface area contributed by atoms with Crippen molar-refractivity contribution in [1.29, 1.82) is 0 Å². The molecule has 7 rings (SSSR count). The molecule has 9 nitrogen and oxygen atoms in total. The van der Waals surface area contributed by atoms with E-state index in [4.69, 9.17) is 10.3 Å². The monoisotopic (exact) mass is 602 g/mol. The molecule has 0 radical (unpaired) electrons. The maximum atomic E-state index is 14.1. The zero-order valence-electron chi connectivity index (χ0n) is 23.6. The van der Waals surface area contributed by atoms with Crippen LogP contribution in [0.25, 0.3) is 27.8 Å². The van der Waals surface area contributed by atoms with Crippen LogP contribution in [-0.4, -0.2) is 56.6 Å². The highest BCUT2D eigenvalue weighted by atomic mass is 19.4. The molecular weight excluding hydrogens is 573 g/mol. The third kappa shape index (κ3) is 4.99. The van der Waals surface area contributed by atoms with Gasteiger partial charge >= 0.3 is 6.18 Å². The van der Waals surface area contributed by atoms with Crippen LogP contribution in [0.15, 0.2) is 71.3 Å². The number of rotatable bonds is 5. The highest BCUT2D eigenvalue weighted by Crippen LogP contribution is 2.38. The largest absolute Gasteiger partial charge is 0.435 e. The van der Waals surface area contributed by atoms with Crippen molar-refractivity contribution in [3.05, 3.63) is 89.2 Å².